The molecule has 0 radical (unpaired) electrons. The van der Waals surface area contributed by atoms with Gasteiger partial charge in [0.1, 0.15) is 0 Å². The van der Waals surface area contributed by atoms with E-state index in [0.29, 0.717) is 6.42 Å². The number of rotatable bonds is 30. The number of hydrogen-bond donors (Lipinski definition) is 3. The number of unbranched alkanes of at least 4 members (excludes halogenated alkanes) is 18. The van der Waals surface area contributed by atoms with Crippen LogP contribution in [0, 0.1) is 0 Å². The maximum absolute atomic E-state index is 12.4. The van der Waals surface area contributed by atoms with Crippen LogP contribution in [-0.4, -0.2) is 41.9 Å². The predicted molar refractivity (Wildman–Crippen MR) is 179 cm³/mol. The van der Waals surface area contributed by atoms with Crippen LogP contribution in [0.2, 0.25) is 0 Å². The number of carbonyl (C=O) groups is 1. The molecule has 0 aromatic rings. The molecule has 0 bridgehead atoms. The molecule has 0 aliphatic heterocycles. The molecule has 0 fully saturated rings. The van der Waals surface area contributed by atoms with E-state index in [-0.39, 0.29) is 12.3 Å². The lowest BCUT2D eigenvalue weighted by Gasteiger charge is -2.21. The summed E-state index contributed by atoms with van der Waals surface area (Å²) in [6.45, 7) is 4.45. The second-order valence-corrected chi connectivity index (χ2v) is 13.3. The summed E-state index contributed by atoms with van der Waals surface area (Å²) in [6, 6.07) is -1.06. The summed E-state index contributed by atoms with van der Waals surface area (Å²) in [6.07, 6.45) is 36.9. The van der Waals surface area contributed by atoms with Gasteiger partial charge in [-0.05, 0) is 44.9 Å². The summed E-state index contributed by atoms with van der Waals surface area (Å²) in [4.78, 5) is 12.4. The molecule has 246 valence electrons. The molecule has 0 aromatic heterocycles. The van der Waals surface area contributed by atoms with Crippen molar-refractivity contribution < 1.29 is 22.9 Å². The monoisotopic (exact) mass is 611 g/mol. The van der Waals surface area contributed by atoms with E-state index in [1.807, 2.05) is 6.08 Å². The Balaban J connectivity index is 4.07. The topological polar surface area (TPSA) is 104 Å². The van der Waals surface area contributed by atoms with E-state index >= 15 is 0 Å². The summed E-state index contributed by atoms with van der Waals surface area (Å²) >= 11 is 0. The zero-order valence-corrected chi connectivity index (χ0v) is 27.9. The van der Waals surface area contributed by atoms with Gasteiger partial charge in [-0.15, -0.1) is 0 Å². The first-order valence-electron chi connectivity index (χ1n) is 17.2. The lowest BCUT2D eigenvalue weighted by molar-refractivity contribution is -0.122. The van der Waals surface area contributed by atoms with Crippen molar-refractivity contribution >= 4 is 16.0 Å². The Morgan fingerprint density at radius 3 is 1.62 bits per heavy atom. The summed E-state index contributed by atoms with van der Waals surface area (Å²) in [5, 5.41) is 13.1. The summed E-state index contributed by atoms with van der Waals surface area (Å²) in [5.74, 6) is -0.999. The van der Waals surface area contributed by atoms with Gasteiger partial charge in [0.05, 0.1) is 17.9 Å². The van der Waals surface area contributed by atoms with Gasteiger partial charge in [0.15, 0.2) is 0 Å². The van der Waals surface area contributed by atoms with Gasteiger partial charge in [-0.2, -0.15) is 8.42 Å². The second kappa shape index (κ2) is 29.6. The zero-order valence-electron chi connectivity index (χ0n) is 27.1. The zero-order chi connectivity index (χ0) is 31.2. The fourth-order valence-electron chi connectivity index (χ4n) is 4.93. The lowest BCUT2D eigenvalue weighted by atomic mass is 10.0. The maximum atomic E-state index is 12.4. The Hall–Kier alpha value is -1.44. The van der Waals surface area contributed by atoms with E-state index in [4.69, 9.17) is 0 Å². The van der Waals surface area contributed by atoms with Crippen molar-refractivity contribution in [1.82, 2.24) is 5.32 Å². The highest BCUT2D eigenvalue weighted by Gasteiger charge is 2.24. The average molecular weight is 612 g/mol. The van der Waals surface area contributed by atoms with Gasteiger partial charge >= 0.3 is 0 Å². The summed E-state index contributed by atoms with van der Waals surface area (Å²) in [5.41, 5.74) is 0. The van der Waals surface area contributed by atoms with Crippen LogP contribution in [-0.2, 0) is 14.9 Å². The highest BCUT2D eigenvalue weighted by Crippen LogP contribution is 2.13. The normalized spacial score (nSPS) is 13.9. The highest BCUT2D eigenvalue weighted by atomic mass is 32.2. The Bertz CT molecular complexity index is 806. The minimum atomic E-state index is -4.34. The lowest BCUT2D eigenvalue weighted by Crippen LogP contribution is -2.46. The van der Waals surface area contributed by atoms with E-state index in [9.17, 15) is 22.9 Å². The van der Waals surface area contributed by atoms with E-state index < -0.39 is 28.0 Å². The number of carbonyl (C=O) groups excluding carboxylic acids is 1. The average Bonchev–Trinajstić information content (AvgIpc) is 2.94. The van der Waals surface area contributed by atoms with Crippen molar-refractivity contribution in [3.05, 3.63) is 36.5 Å². The molecule has 0 spiro atoms. The van der Waals surface area contributed by atoms with Crippen molar-refractivity contribution in [1.29, 1.82) is 0 Å². The van der Waals surface area contributed by atoms with Crippen LogP contribution < -0.4 is 5.32 Å². The Morgan fingerprint density at radius 2 is 1.10 bits per heavy atom. The molecule has 3 N–H and O–H groups in total. The predicted octanol–water partition coefficient (Wildman–Crippen LogP) is 9.40. The van der Waals surface area contributed by atoms with Crippen molar-refractivity contribution in [3.63, 3.8) is 0 Å². The van der Waals surface area contributed by atoms with Crippen LogP contribution >= 0.6 is 0 Å². The quantitative estimate of drug-likeness (QED) is 0.0426. The number of aliphatic hydroxyl groups is 1. The number of hydrogen-bond acceptors (Lipinski definition) is 4. The molecule has 0 saturated carbocycles. The molecule has 2 atom stereocenters. The minimum Gasteiger partial charge on any atom is -0.387 e. The smallest absolute Gasteiger partial charge is 0.267 e. The van der Waals surface area contributed by atoms with Gasteiger partial charge in [-0.3, -0.25) is 9.35 Å². The number of nitrogens with one attached hydrogen (secondary N) is 1. The van der Waals surface area contributed by atoms with Crippen molar-refractivity contribution in [2.75, 3.05) is 5.75 Å². The second-order valence-electron chi connectivity index (χ2n) is 11.8. The van der Waals surface area contributed by atoms with Crippen LogP contribution in [0.3, 0.4) is 0 Å². The van der Waals surface area contributed by atoms with E-state index in [1.165, 1.54) is 77.0 Å². The van der Waals surface area contributed by atoms with Gasteiger partial charge in [0, 0.05) is 6.42 Å². The first kappa shape index (κ1) is 40.6. The summed E-state index contributed by atoms with van der Waals surface area (Å²) < 4.78 is 32.3. The fraction of sp³-hybridized carbons (Fsp3) is 0.800. The van der Waals surface area contributed by atoms with Crippen LogP contribution in [0.4, 0.5) is 0 Å². The van der Waals surface area contributed by atoms with E-state index in [1.54, 1.807) is 6.08 Å². The van der Waals surface area contributed by atoms with Gasteiger partial charge in [0.25, 0.3) is 10.1 Å². The molecule has 0 rings (SSSR count). The van der Waals surface area contributed by atoms with Crippen molar-refractivity contribution in [2.45, 2.75) is 174 Å². The third-order valence-electron chi connectivity index (χ3n) is 7.56. The third-order valence-corrected chi connectivity index (χ3v) is 8.34. The molecule has 0 aromatic carbocycles. The van der Waals surface area contributed by atoms with Crippen LogP contribution in [0.15, 0.2) is 36.5 Å². The Labute approximate surface area is 259 Å². The highest BCUT2D eigenvalue weighted by molar-refractivity contribution is 7.85. The standard InChI is InChI=1S/C35H65NO5S/c1-3-5-7-9-11-13-15-17-19-21-23-25-27-29-31-35(38)36-33(32-42(39,40)41)34(37)30-28-26-24-22-20-18-16-14-12-10-8-6-4-2/h9,11,15,17,28,30,33-34,37H,3-8,10,12-14,16,18-27,29,31-32H2,1-2H3,(H,36,38)(H,39,40,41)/b11-9-,17-15-,30-28+. The first-order valence-corrected chi connectivity index (χ1v) is 18.8. The molecule has 7 heteroatoms. The van der Waals surface area contributed by atoms with Gasteiger partial charge < -0.3 is 10.4 Å². The Kier molecular flexibility index (Phi) is 28.6. The van der Waals surface area contributed by atoms with Crippen molar-refractivity contribution in [3.8, 4) is 0 Å². The molecule has 2 unspecified atom stereocenters. The molecule has 0 saturated heterocycles. The summed E-state index contributed by atoms with van der Waals surface area (Å²) in [7, 11) is -4.34. The maximum Gasteiger partial charge on any atom is 0.267 e. The van der Waals surface area contributed by atoms with E-state index in [0.717, 1.165) is 57.8 Å². The molecular weight excluding hydrogens is 546 g/mol. The van der Waals surface area contributed by atoms with Gasteiger partial charge in [0.2, 0.25) is 5.91 Å². The van der Waals surface area contributed by atoms with E-state index in [2.05, 4.69) is 43.5 Å². The molecule has 42 heavy (non-hydrogen) atoms. The largest absolute Gasteiger partial charge is 0.387 e. The van der Waals surface area contributed by atoms with Gasteiger partial charge in [-0.25, -0.2) is 0 Å². The molecule has 6 nitrogen and oxygen atoms in total. The van der Waals surface area contributed by atoms with Crippen LogP contribution in [0.25, 0.3) is 0 Å². The minimum absolute atomic E-state index is 0.279. The number of amides is 1. The number of aliphatic hydroxyl groups excluding tert-OH is 1. The van der Waals surface area contributed by atoms with Crippen molar-refractivity contribution in [2.24, 2.45) is 0 Å². The molecule has 0 aliphatic rings. The fourth-order valence-corrected chi connectivity index (χ4v) is 5.67. The third kappa shape index (κ3) is 30.0. The molecular formula is C35H65NO5S. The SMILES string of the molecule is CCCC/C=C\C/C=C\CCCCCCCC(=O)NC(CS(=O)(=O)O)C(O)/C=C/CCCCCCCCCCCCC. The first-order chi connectivity index (χ1) is 20.3. The molecule has 0 heterocycles. The Morgan fingerprint density at radius 1 is 0.643 bits per heavy atom. The number of allylic oxidation sites excluding steroid dienone is 5. The molecule has 1 amide bonds. The van der Waals surface area contributed by atoms with Gasteiger partial charge in [-0.1, -0.05) is 147 Å². The van der Waals surface area contributed by atoms with Crippen LogP contribution in [0.1, 0.15) is 162 Å². The van der Waals surface area contributed by atoms with Crippen LogP contribution in [0.5, 0.6) is 0 Å². The molecule has 0 aliphatic carbocycles.